The predicted molar refractivity (Wildman–Crippen MR) is 73.4 cm³/mol. The molecule has 0 saturated carbocycles. The molecule has 98 valence electrons. The van der Waals surface area contributed by atoms with Gasteiger partial charge in [-0.3, -0.25) is 15.0 Å². The van der Waals surface area contributed by atoms with Gasteiger partial charge in [-0.2, -0.15) is 0 Å². The van der Waals surface area contributed by atoms with E-state index in [0.717, 1.165) is 5.69 Å². The molecule has 0 radical (unpaired) electrons. The molecule has 0 bridgehead atoms. The first-order valence-electron chi connectivity index (χ1n) is 5.84. The van der Waals surface area contributed by atoms with Gasteiger partial charge in [0, 0.05) is 37.6 Å². The highest BCUT2D eigenvalue weighted by molar-refractivity contribution is 5.98. The molecule has 0 unspecified atom stereocenters. The third-order valence-electron chi connectivity index (χ3n) is 2.67. The maximum atomic E-state index is 12.2. The van der Waals surface area contributed by atoms with E-state index in [1.165, 1.54) is 17.3 Å². The highest BCUT2D eigenvalue weighted by atomic mass is 16.2. The Morgan fingerprint density at radius 2 is 1.84 bits per heavy atom. The zero-order valence-corrected chi connectivity index (χ0v) is 10.8. The van der Waals surface area contributed by atoms with Crippen LogP contribution in [0.1, 0.15) is 10.4 Å². The Kier molecular flexibility index (Phi) is 3.66. The number of nitrogens with one attached hydrogen (secondary N) is 1. The Hall–Kier alpha value is -2.56. The van der Waals surface area contributed by atoms with Crippen molar-refractivity contribution in [1.29, 1.82) is 0 Å². The number of nitrogens with zero attached hydrogens (tertiary/aromatic N) is 2. The molecule has 0 spiro atoms. The van der Waals surface area contributed by atoms with Gasteiger partial charge in [0.25, 0.3) is 11.8 Å². The Morgan fingerprint density at radius 3 is 2.47 bits per heavy atom. The standard InChI is InChI=1S/C14H15N3O2/c1-16(2)12-8-6-11(7-9-12)14(19)17-10-4-3-5-13(18)15-17/h3-10H,1-2H3,(H,15,18). The van der Waals surface area contributed by atoms with E-state index in [-0.39, 0.29) is 11.8 Å². The quantitative estimate of drug-likeness (QED) is 0.869. The van der Waals surface area contributed by atoms with Crippen LogP contribution in [-0.4, -0.2) is 30.9 Å². The van der Waals surface area contributed by atoms with Gasteiger partial charge in [0.15, 0.2) is 0 Å². The molecule has 1 aromatic rings. The van der Waals surface area contributed by atoms with Crippen LogP contribution >= 0.6 is 0 Å². The van der Waals surface area contributed by atoms with Gasteiger partial charge >= 0.3 is 0 Å². The summed E-state index contributed by atoms with van der Waals surface area (Å²) in [5.41, 5.74) is 3.99. The third-order valence-corrected chi connectivity index (χ3v) is 2.67. The molecular weight excluding hydrogens is 242 g/mol. The normalized spacial score (nSPS) is 14.0. The first-order valence-corrected chi connectivity index (χ1v) is 5.84. The van der Waals surface area contributed by atoms with Gasteiger partial charge in [-0.1, -0.05) is 6.08 Å². The second kappa shape index (κ2) is 5.39. The van der Waals surface area contributed by atoms with Crippen LogP contribution in [0.15, 0.2) is 48.7 Å². The number of amides is 2. The third kappa shape index (κ3) is 3.01. The molecule has 0 fully saturated rings. The van der Waals surface area contributed by atoms with Crippen molar-refractivity contribution in [1.82, 2.24) is 10.4 Å². The van der Waals surface area contributed by atoms with Crippen molar-refractivity contribution >= 4 is 17.5 Å². The lowest BCUT2D eigenvalue weighted by atomic mass is 10.2. The minimum atomic E-state index is -0.330. The molecule has 0 aliphatic carbocycles. The average molecular weight is 257 g/mol. The van der Waals surface area contributed by atoms with Crippen molar-refractivity contribution in [3.63, 3.8) is 0 Å². The number of carbonyl (C=O) groups is 2. The van der Waals surface area contributed by atoms with Gasteiger partial charge < -0.3 is 4.90 Å². The minimum Gasteiger partial charge on any atom is -0.378 e. The van der Waals surface area contributed by atoms with Gasteiger partial charge in [-0.05, 0) is 30.3 Å². The Morgan fingerprint density at radius 1 is 1.16 bits per heavy atom. The fraction of sp³-hybridized carbons (Fsp3) is 0.143. The molecule has 1 N–H and O–H groups in total. The van der Waals surface area contributed by atoms with Gasteiger partial charge in [0.1, 0.15) is 0 Å². The molecule has 0 saturated heterocycles. The van der Waals surface area contributed by atoms with Crippen LogP contribution in [0.3, 0.4) is 0 Å². The number of allylic oxidation sites excluding steroid dienone is 2. The van der Waals surface area contributed by atoms with Crippen LogP contribution < -0.4 is 10.3 Å². The molecule has 2 amide bonds. The SMILES string of the molecule is CN(C)c1ccc(C(=O)N2C=CC=CC(=O)N2)cc1. The number of benzene rings is 1. The van der Waals surface area contributed by atoms with E-state index in [4.69, 9.17) is 0 Å². The lowest BCUT2D eigenvalue weighted by Crippen LogP contribution is -2.41. The second-order valence-corrected chi connectivity index (χ2v) is 4.29. The number of hydrogen-bond donors (Lipinski definition) is 1. The summed E-state index contributed by atoms with van der Waals surface area (Å²) in [5, 5.41) is 1.17. The summed E-state index contributed by atoms with van der Waals surface area (Å²) in [7, 11) is 3.86. The minimum absolute atomic E-state index is 0.279. The number of rotatable bonds is 2. The van der Waals surface area contributed by atoms with E-state index in [1.54, 1.807) is 24.3 Å². The highest BCUT2D eigenvalue weighted by Crippen LogP contribution is 2.13. The fourth-order valence-corrected chi connectivity index (χ4v) is 1.63. The first kappa shape index (κ1) is 12.9. The van der Waals surface area contributed by atoms with Crippen molar-refractivity contribution in [2.24, 2.45) is 0 Å². The molecule has 0 aromatic heterocycles. The molecule has 2 rings (SSSR count). The van der Waals surface area contributed by atoms with Gasteiger partial charge in [-0.25, -0.2) is 5.01 Å². The smallest absolute Gasteiger partial charge is 0.276 e. The van der Waals surface area contributed by atoms with Crippen molar-refractivity contribution < 1.29 is 9.59 Å². The average Bonchev–Trinajstić information content (AvgIpc) is 2.62. The van der Waals surface area contributed by atoms with Crippen molar-refractivity contribution in [3.8, 4) is 0 Å². The van der Waals surface area contributed by atoms with E-state index >= 15 is 0 Å². The van der Waals surface area contributed by atoms with Crippen LogP contribution in [0.5, 0.6) is 0 Å². The second-order valence-electron chi connectivity index (χ2n) is 4.29. The van der Waals surface area contributed by atoms with Crippen molar-refractivity contribution in [2.45, 2.75) is 0 Å². The number of hydrogen-bond acceptors (Lipinski definition) is 3. The molecule has 1 aliphatic heterocycles. The summed E-state index contributed by atoms with van der Waals surface area (Å²) in [6.07, 6.45) is 6.09. The Balaban J connectivity index is 2.17. The van der Waals surface area contributed by atoms with Crippen LogP contribution in [0, 0.1) is 0 Å². The van der Waals surface area contributed by atoms with E-state index in [0.29, 0.717) is 5.56 Å². The summed E-state index contributed by atoms with van der Waals surface area (Å²) in [6, 6.07) is 7.18. The van der Waals surface area contributed by atoms with Crippen LogP contribution in [0.4, 0.5) is 5.69 Å². The molecule has 1 aromatic carbocycles. The number of hydrazine groups is 1. The zero-order chi connectivity index (χ0) is 13.8. The van der Waals surface area contributed by atoms with E-state index in [1.807, 2.05) is 31.1 Å². The molecule has 5 nitrogen and oxygen atoms in total. The Labute approximate surface area is 111 Å². The first-order chi connectivity index (χ1) is 9.08. The molecule has 5 heteroatoms. The topological polar surface area (TPSA) is 52.7 Å². The number of carbonyl (C=O) groups excluding carboxylic acids is 2. The van der Waals surface area contributed by atoms with Crippen LogP contribution in [0.25, 0.3) is 0 Å². The molecule has 1 heterocycles. The summed E-state index contributed by atoms with van der Waals surface area (Å²) in [6.45, 7) is 0. The Bertz CT molecular complexity index is 544. The fourth-order valence-electron chi connectivity index (χ4n) is 1.63. The summed E-state index contributed by atoms with van der Waals surface area (Å²) in [5.74, 6) is -0.609. The molecular formula is C14H15N3O2. The lowest BCUT2D eigenvalue weighted by molar-refractivity contribution is -0.119. The molecule has 1 aliphatic rings. The zero-order valence-electron chi connectivity index (χ0n) is 10.8. The van der Waals surface area contributed by atoms with Crippen molar-refractivity contribution in [3.05, 3.63) is 54.3 Å². The van der Waals surface area contributed by atoms with Crippen LogP contribution in [-0.2, 0) is 4.79 Å². The molecule has 0 atom stereocenters. The number of anilines is 1. The van der Waals surface area contributed by atoms with Gasteiger partial charge in [0.2, 0.25) is 0 Å². The largest absolute Gasteiger partial charge is 0.378 e. The van der Waals surface area contributed by atoms with Crippen molar-refractivity contribution in [2.75, 3.05) is 19.0 Å². The summed E-state index contributed by atoms with van der Waals surface area (Å²) >= 11 is 0. The maximum absolute atomic E-state index is 12.2. The van der Waals surface area contributed by atoms with E-state index in [9.17, 15) is 9.59 Å². The van der Waals surface area contributed by atoms with Gasteiger partial charge in [-0.15, -0.1) is 0 Å². The van der Waals surface area contributed by atoms with Crippen LogP contribution in [0.2, 0.25) is 0 Å². The van der Waals surface area contributed by atoms with E-state index < -0.39 is 0 Å². The monoisotopic (exact) mass is 257 g/mol. The van der Waals surface area contributed by atoms with Gasteiger partial charge in [0.05, 0.1) is 0 Å². The highest BCUT2D eigenvalue weighted by Gasteiger charge is 2.16. The predicted octanol–water partition coefficient (Wildman–Crippen LogP) is 1.31. The maximum Gasteiger partial charge on any atom is 0.276 e. The molecule has 19 heavy (non-hydrogen) atoms. The summed E-state index contributed by atoms with van der Waals surface area (Å²) in [4.78, 5) is 25.5. The lowest BCUT2D eigenvalue weighted by Gasteiger charge is -2.18. The van der Waals surface area contributed by atoms with E-state index in [2.05, 4.69) is 5.43 Å². The summed E-state index contributed by atoms with van der Waals surface area (Å²) < 4.78 is 0.